The number of unbranched alkanes of at least 4 members (excludes halogenated alkanes) is 13. The number of phosphoric acid groups is 1. The number of quaternary nitrogens is 1. The van der Waals surface area contributed by atoms with Gasteiger partial charge in [-0.15, -0.1) is 0 Å². The van der Waals surface area contributed by atoms with Gasteiger partial charge in [0.05, 0.1) is 27.7 Å². The number of phosphoric ester groups is 1. The third-order valence-electron chi connectivity index (χ3n) is 10.3. The Morgan fingerprint density at radius 3 is 1.33 bits per heavy atom. The molecule has 0 rings (SSSR count). The summed E-state index contributed by atoms with van der Waals surface area (Å²) in [6, 6.07) is 0. The number of carbonyl (C=O) groups excluding carboxylic acids is 2. The predicted molar refractivity (Wildman–Crippen MR) is 279 cm³/mol. The zero-order valence-corrected chi connectivity index (χ0v) is 43.3. The molecule has 0 saturated heterocycles. The van der Waals surface area contributed by atoms with Gasteiger partial charge in [-0.3, -0.25) is 18.6 Å². The molecule has 10 heteroatoms. The lowest BCUT2D eigenvalue weighted by Gasteiger charge is -2.24. The van der Waals surface area contributed by atoms with Crippen LogP contribution in [0.4, 0.5) is 0 Å². The first kappa shape index (κ1) is 62.7. The van der Waals surface area contributed by atoms with E-state index in [0.717, 1.165) is 96.3 Å². The minimum absolute atomic E-state index is 0.0156. The SMILES string of the molecule is CC/C=C\C/C=C\C/C=C\C/C=C\C/C=C\C/C=C\C/C=C\C/C=C\CCCCC(=O)OC(COC(=O)CCCCCCC/C=C\CCCCCCCC)COP(=O)(O)OCC[N+](C)(C)C. The van der Waals surface area contributed by atoms with Crippen LogP contribution in [-0.4, -0.2) is 74.9 Å². The van der Waals surface area contributed by atoms with Gasteiger partial charge < -0.3 is 18.9 Å². The molecule has 0 bridgehead atoms. The maximum Gasteiger partial charge on any atom is 0.472 e. The fourth-order valence-electron chi connectivity index (χ4n) is 6.32. The highest BCUT2D eigenvalue weighted by atomic mass is 31.2. The Labute approximate surface area is 404 Å². The van der Waals surface area contributed by atoms with E-state index in [9.17, 15) is 19.0 Å². The Balaban J connectivity index is 4.39. The highest BCUT2D eigenvalue weighted by molar-refractivity contribution is 7.47. The van der Waals surface area contributed by atoms with Crippen molar-refractivity contribution in [2.24, 2.45) is 0 Å². The van der Waals surface area contributed by atoms with Crippen LogP contribution in [0.1, 0.15) is 181 Å². The molecule has 0 aromatic carbocycles. The molecule has 66 heavy (non-hydrogen) atoms. The van der Waals surface area contributed by atoms with Crippen LogP contribution in [0.15, 0.2) is 109 Å². The summed E-state index contributed by atoms with van der Waals surface area (Å²) >= 11 is 0. The zero-order valence-electron chi connectivity index (χ0n) is 42.4. The molecule has 0 spiro atoms. The van der Waals surface area contributed by atoms with Gasteiger partial charge in [-0.2, -0.15) is 0 Å². The van der Waals surface area contributed by atoms with Crippen molar-refractivity contribution < 1.29 is 42.1 Å². The van der Waals surface area contributed by atoms with Gasteiger partial charge in [0.15, 0.2) is 6.10 Å². The van der Waals surface area contributed by atoms with Gasteiger partial charge in [0.1, 0.15) is 19.8 Å². The summed E-state index contributed by atoms with van der Waals surface area (Å²) in [5.74, 6) is -0.868. The summed E-state index contributed by atoms with van der Waals surface area (Å²) in [4.78, 5) is 35.5. The summed E-state index contributed by atoms with van der Waals surface area (Å²) in [5.41, 5.74) is 0. The summed E-state index contributed by atoms with van der Waals surface area (Å²) in [6.45, 7) is 4.23. The summed E-state index contributed by atoms with van der Waals surface area (Å²) in [7, 11) is 1.42. The zero-order chi connectivity index (χ0) is 48.5. The average Bonchev–Trinajstić information content (AvgIpc) is 3.27. The molecule has 0 heterocycles. The number of likely N-dealkylation sites (N-methyl/N-ethyl adjacent to an activating group) is 1. The van der Waals surface area contributed by atoms with E-state index in [-0.39, 0.29) is 26.1 Å². The van der Waals surface area contributed by atoms with Gasteiger partial charge in [0, 0.05) is 12.8 Å². The van der Waals surface area contributed by atoms with Crippen molar-refractivity contribution in [1.29, 1.82) is 0 Å². The van der Waals surface area contributed by atoms with Crippen LogP contribution in [0.25, 0.3) is 0 Å². The molecule has 9 nitrogen and oxygen atoms in total. The molecule has 0 radical (unpaired) electrons. The maximum absolute atomic E-state index is 12.7. The lowest BCUT2D eigenvalue weighted by Crippen LogP contribution is -2.37. The number of rotatable bonds is 45. The second-order valence-corrected chi connectivity index (χ2v) is 19.3. The van der Waals surface area contributed by atoms with Gasteiger partial charge in [-0.05, 0) is 103 Å². The molecule has 0 aliphatic rings. The van der Waals surface area contributed by atoms with Gasteiger partial charge in [-0.1, -0.05) is 175 Å². The summed E-state index contributed by atoms with van der Waals surface area (Å²) < 4.78 is 34.4. The van der Waals surface area contributed by atoms with Crippen LogP contribution >= 0.6 is 7.82 Å². The van der Waals surface area contributed by atoms with Gasteiger partial charge in [0.25, 0.3) is 0 Å². The van der Waals surface area contributed by atoms with Crippen LogP contribution in [0.5, 0.6) is 0 Å². The molecule has 376 valence electrons. The quantitative estimate of drug-likeness (QED) is 0.0211. The van der Waals surface area contributed by atoms with E-state index in [1.54, 1.807) is 0 Å². The van der Waals surface area contributed by atoms with Gasteiger partial charge >= 0.3 is 19.8 Å². The Hall–Kier alpha value is -3.33. The van der Waals surface area contributed by atoms with Gasteiger partial charge in [0.2, 0.25) is 0 Å². The molecule has 2 atom stereocenters. The number of ether oxygens (including phenoxy) is 2. The molecule has 0 aliphatic heterocycles. The minimum Gasteiger partial charge on any atom is -0.462 e. The third-order valence-corrected chi connectivity index (χ3v) is 11.3. The number of allylic oxidation sites excluding steroid dienone is 18. The molecule has 0 saturated carbocycles. The highest BCUT2D eigenvalue weighted by Gasteiger charge is 2.27. The molecule has 0 amide bonds. The van der Waals surface area contributed by atoms with Crippen LogP contribution in [0.3, 0.4) is 0 Å². The average molecular weight is 941 g/mol. The normalized spacial score (nSPS) is 14.3. The topological polar surface area (TPSA) is 108 Å². The van der Waals surface area contributed by atoms with E-state index >= 15 is 0 Å². The summed E-state index contributed by atoms with van der Waals surface area (Å²) in [5, 5.41) is 0. The maximum atomic E-state index is 12.7. The van der Waals surface area contributed by atoms with Crippen LogP contribution < -0.4 is 0 Å². The van der Waals surface area contributed by atoms with Crippen LogP contribution in [0, 0.1) is 0 Å². The molecular formula is C56H95NO8P+. The van der Waals surface area contributed by atoms with E-state index < -0.39 is 32.5 Å². The lowest BCUT2D eigenvalue weighted by atomic mass is 10.1. The highest BCUT2D eigenvalue weighted by Crippen LogP contribution is 2.43. The van der Waals surface area contributed by atoms with E-state index in [1.807, 2.05) is 21.1 Å². The minimum atomic E-state index is -4.40. The number of carbonyl (C=O) groups is 2. The van der Waals surface area contributed by atoms with E-state index in [1.165, 1.54) is 44.9 Å². The number of hydrogen-bond acceptors (Lipinski definition) is 7. The Morgan fingerprint density at radius 1 is 0.485 bits per heavy atom. The number of hydrogen-bond donors (Lipinski definition) is 1. The van der Waals surface area contributed by atoms with E-state index in [2.05, 4.69) is 123 Å². The Bertz CT molecular complexity index is 1480. The van der Waals surface area contributed by atoms with Crippen molar-refractivity contribution in [3.8, 4) is 0 Å². The third kappa shape index (κ3) is 50.1. The molecule has 0 aromatic heterocycles. The lowest BCUT2D eigenvalue weighted by molar-refractivity contribution is -0.870. The van der Waals surface area contributed by atoms with Crippen LogP contribution in [-0.2, 0) is 32.7 Å². The molecule has 0 aliphatic carbocycles. The second kappa shape index (κ2) is 46.8. The smallest absolute Gasteiger partial charge is 0.462 e. The first-order valence-corrected chi connectivity index (χ1v) is 27.1. The van der Waals surface area contributed by atoms with Crippen molar-refractivity contribution in [3.63, 3.8) is 0 Å². The molecule has 0 fully saturated rings. The predicted octanol–water partition coefficient (Wildman–Crippen LogP) is 15.5. The largest absolute Gasteiger partial charge is 0.472 e. The Morgan fingerprint density at radius 2 is 0.864 bits per heavy atom. The molecule has 1 N–H and O–H groups in total. The molecular weight excluding hydrogens is 846 g/mol. The number of esters is 2. The van der Waals surface area contributed by atoms with E-state index in [0.29, 0.717) is 23.9 Å². The Kier molecular flexibility index (Phi) is 44.4. The van der Waals surface area contributed by atoms with Crippen molar-refractivity contribution in [3.05, 3.63) is 109 Å². The van der Waals surface area contributed by atoms with Crippen LogP contribution in [0.2, 0.25) is 0 Å². The van der Waals surface area contributed by atoms with Crippen molar-refractivity contribution in [2.45, 2.75) is 187 Å². The first-order valence-electron chi connectivity index (χ1n) is 25.6. The standard InChI is InChI=1S/C56H94NO8P/c1-6-8-10-12-14-16-18-20-22-23-24-25-26-27-28-29-30-31-32-33-35-37-39-41-43-45-47-49-56(59)65-54(53-64-66(60,61)63-51-50-57(3,4)5)52-62-55(58)48-46-44-42-40-38-36-34-21-19-17-15-13-11-9-7-2/h8,10,14,16,20-22,24-25,27-28,30-31,33-35,39,41,54H,6-7,9,11-13,15,17-19,23,26,29,32,36-38,40,42-53H2,1-5H3/p+1/b10-8-,16-14-,22-20-,25-24-,28-27-,31-30-,34-21-,35-33-,41-39-. The number of nitrogens with zero attached hydrogens (tertiary/aromatic N) is 1. The molecule has 0 aromatic rings. The van der Waals surface area contributed by atoms with Gasteiger partial charge in [-0.25, -0.2) is 4.57 Å². The summed E-state index contributed by atoms with van der Waals surface area (Å²) in [6.07, 6.45) is 64.3. The fraction of sp³-hybridized carbons (Fsp3) is 0.643. The van der Waals surface area contributed by atoms with Crippen molar-refractivity contribution >= 4 is 19.8 Å². The van der Waals surface area contributed by atoms with E-state index in [4.69, 9.17) is 18.5 Å². The molecule has 2 unspecified atom stereocenters. The second-order valence-electron chi connectivity index (χ2n) is 17.8. The monoisotopic (exact) mass is 941 g/mol. The fourth-order valence-corrected chi connectivity index (χ4v) is 7.06. The first-order chi connectivity index (χ1) is 32.0. The van der Waals surface area contributed by atoms with Crippen molar-refractivity contribution in [2.75, 3.05) is 47.5 Å². The van der Waals surface area contributed by atoms with Crippen molar-refractivity contribution in [1.82, 2.24) is 0 Å².